The lowest BCUT2D eigenvalue weighted by Crippen LogP contribution is -2.39. The van der Waals surface area contributed by atoms with Crippen molar-refractivity contribution in [3.8, 4) is 11.3 Å². The van der Waals surface area contributed by atoms with Gasteiger partial charge < -0.3 is 4.90 Å². The Bertz CT molecular complexity index is 549. The average molecular weight is 271 g/mol. The van der Waals surface area contributed by atoms with Gasteiger partial charge in [-0.1, -0.05) is 0 Å². The Morgan fingerprint density at radius 2 is 2.20 bits per heavy atom. The first-order valence-corrected chi connectivity index (χ1v) is 7.29. The summed E-state index contributed by atoms with van der Waals surface area (Å²) in [6, 6.07) is 0.600. The van der Waals surface area contributed by atoms with E-state index >= 15 is 0 Å². The van der Waals surface area contributed by atoms with Gasteiger partial charge in [0, 0.05) is 36.5 Å². The largest absolute Gasteiger partial charge is 0.300 e. The predicted octanol–water partition coefficient (Wildman–Crippen LogP) is 2.45. The molecule has 1 saturated heterocycles. The molecule has 0 saturated carbocycles. The highest BCUT2D eigenvalue weighted by Crippen LogP contribution is 2.27. The van der Waals surface area contributed by atoms with Gasteiger partial charge in [-0.2, -0.15) is 5.10 Å². The second kappa shape index (κ2) is 5.71. The van der Waals surface area contributed by atoms with Gasteiger partial charge in [0.15, 0.2) is 0 Å². The second-order valence-corrected chi connectivity index (χ2v) is 5.74. The van der Waals surface area contributed by atoms with Crippen molar-refractivity contribution in [3.63, 3.8) is 0 Å². The average Bonchev–Trinajstić information content (AvgIpc) is 3.02. The lowest BCUT2D eigenvalue weighted by Gasteiger charge is -2.35. The summed E-state index contributed by atoms with van der Waals surface area (Å²) in [5.41, 5.74) is 3.00. The number of nitrogens with zero attached hydrogens (tertiary/aromatic N) is 4. The minimum Gasteiger partial charge on any atom is -0.300 e. The van der Waals surface area contributed by atoms with E-state index in [1.165, 1.54) is 19.4 Å². The van der Waals surface area contributed by atoms with Crippen LogP contribution in [0.4, 0.5) is 0 Å². The van der Waals surface area contributed by atoms with E-state index in [1.807, 2.05) is 12.4 Å². The number of aromatic amines is 1. The SMILES string of the molecule is CC(C)N1CCCC(c2cncc(-c3cn[nH]c3)n2)C1. The van der Waals surface area contributed by atoms with Gasteiger partial charge in [0.1, 0.15) is 0 Å². The number of rotatable bonds is 3. The molecule has 1 N–H and O–H groups in total. The molecule has 3 heterocycles. The topological polar surface area (TPSA) is 57.7 Å². The van der Waals surface area contributed by atoms with Crippen molar-refractivity contribution in [2.45, 2.75) is 38.6 Å². The molecule has 0 aromatic carbocycles. The summed E-state index contributed by atoms with van der Waals surface area (Å²) in [6.45, 7) is 6.80. The Labute approximate surface area is 119 Å². The molecule has 2 aromatic heterocycles. The molecular formula is C15H21N5. The Balaban J connectivity index is 1.81. The van der Waals surface area contributed by atoms with E-state index < -0.39 is 0 Å². The molecule has 1 unspecified atom stereocenters. The van der Waals surface area contributed by atoms with Crippen molar-refractivity contribution in [2.75, 3.05) is 13.1 Å². The van der Waals surface area contributed by atoms with E-state index in [2.05, 4.69) is 33.9 Å². The van der Waals surface area contributed by atoms with Crippen molar-refractivity contribution >= 4 is 0 Å². The first kappa shape index (κ1) is 13.2. The number of piperidine rings is 1. The summed E-state index contributed by atoms with van der Waals surface area (Å²) in [7, 11) is 0. The summed E-state index contributed by atoms with van der Waals surface area (Å²) in [6.07, 6.45) is 9.80. The molecule has 0 amide bonds. The fraction of sp³-hybridized carbons (Fsp3) is 0.533. The van der Waals surface area contributed by atoms with Gasteiger partial charge >= 0.3 is 0 Å². The highest BCUT2D eigenvalue weighted by Gasteiger charge is 2.24. The molecule has 0 aliphatic carbocycles. The number of hydrogen-bond acceptors (Lipinski definition) is 4. The summed E-state index contributed by atoms with van der Waals surface area (Å²) >= 11 is 0. The van der Waals surface area contributed by atoms with Crippen molar-refractivity contribution in [3.05, 3.63) is 30.5 Å². The van der Waals surface area contributed by atoms with Gasteiger partial charge in [-0.25, -0.2) is 4.98 Å². The summed E-state index contributed by atoms with van der Waals surface area (Å²) in [5, 5.41) is 6.80. The molecule has 2 aromatic rings. The number of likely N-dealkylation sites (tertiary alicyclic amines) is 1. The van der Waals surface area contributed by atoms with Crippen molar-refractivity contribution in [1.82, 2.24) is 25.1 Å². The molecule has 0 spiro atoms. The molecule has 20 heavy (non-hydrogen) atoms. The van der Waals surface area contributed by atoms with Crippen LogP contribution in [0, 0.1) is 0 Å². The Morgan fingerprint density at radius 1 is 1.30 bits per heavy atom. The van der Waals surface area contributed by atoms with Crippen LogP contribution >= 0.6 is 0 Å². The fourth-order valence-electron chi connectivity index (χ4n) is 2.82. The first-order valence-electron chi connectivity index (χ1n) is 7.29. The van der Waals surface area contributed by atoms with Crippen molar-refractivity contribution in [2.24, 2.45) is 0 Å². The first-order chi connectivity index (χ1) is 9.74. The minimum atomic E-state index is 0.491. The lowest BCUT2D eigenvalue weighted by molar-refractivity contribution is 0.166. The Morgan fingerprint density at radius 3 is 2.95 bits per heavy atom. The van der Waals surface area contributed by atoms with Crippen LogP contribution in [0.25, 0.3) is 11.3 Å². The van der Waals surface area contributed by atoms with E-state index in [4.69, 9.17) is 4.98 Å². The van der Waals surface area contributed by atoms with E-state index in [0.717, 1.165) is 23.5 Å². The summed E-state index contributed by atoms with van der Waals surface area (Å²) < 4.78 is 0. The van der Waals surface area contributed by atoms with E-state index in [0.29, 0.717) is 12.0 Å². The zero-order valence-corrected chi connectivity index (χ0v) is 12.1. The Kier molecular flexibility index (Phi) is 3.78. The Hall–Kier alpha value is -1.75. The third-order valence-electron chi connectivity index (χ3n) is 4.05. The molecule has 1 fully saturated rings. The summed E-state index contributed by atoms with van der Waals surface area (Å²) in [4.78, 5) is 11.7. The van der Waals surface area contributed by atoms with Gasteiger partial charge in [0.25, 0.3) is 0 Å². The maximum atomic E-state index is 4.78. The van der Waals surface area contributed by atoms with Crippen LogP contribution in [-0.4, -0.2) is 44.2 Å². The van der Waals surface area contributed by atoms with Crippen molar-refractivity contribution in [1.29, 1.82) is 0 Å². The van der Waals surface area contributed by atoms with Crippen LogP contribution in [0.15, 0.2) is 24.8 Å². The van der Waals surface area contributed by atoms with Crippen LogP contribution in [0.2, 0.25) is 0 Å². The zero-order chi connectivity index (χ0) is 13.9. The standard InChI is InChI=1S/C15H21N5/c1-11(2)20-5-3-4-12(10-20)14-8-16-9-15(19-14)13-6-17-18-7-13/h6-9,11-12H,3-5,10H2,1-2H3,(H,17,18). The minimum absolute atomic E-state index is 0.491. The van der Waals surface area contributed by atoms with Crippen LogP contribution in [0.5, 0.6) is 0 Å². The maximum absolute atomic E-state index is 4.78. The number of nitrogens with one attached hydrogen (secondary N) is 1. The van der Waals surface area contributed by atoms with E-state index in [-0.39, 0.29) is 0 Å². The smallest absolute Gasteiger partial charge is 0.0920 e. The molecule has 106 valence electrons. The highest BCUT2D eigenvalue weighted by atomic mass is 15.2. The number of H-pyrrole nitrogens is 1. The van der Waals surface area contributed by atoms with Gasteiger partial charge in [0.05, 0.1) is 23.8 Å². The fourth-order valence-corrected chi connectivity index (χ4v) is 2.82. The lowest BCUT2D eigenvalue weighted by atomic mass is 9.94. The maximum Gasteiger partial charge on any atom is 0.0920 e. The monoisotopic (exact) mass is 271 g/mol. The normalized spacial score (nSPS) is 20.4. The van der Waals surface area contributed by atoms with E-state index in [9.17, 15) is 0 Å². The van der Waals surface area contributed by atoms with Crippen LogP contribution in [0.1, 0.15) is 38.3 Å². The van der Waals surface area contributed by atoms with Crippen LogP contribution in [-0.2, 0) is 0 Å². The molecule has 1 aliphatic heterocycles. The quantitative estimate of drug-likeness (QED) is 0.931. The van der Waals surface area contributed by atoms with Gasteiger partial charge in [-0.05, 0) is 33.2 Å². The molecule has 5 heteroatoms. The molecule has 5 nitrogen and oxygen atoms in total. The van der Waals surface area contributed by atoms with Gasteiger partial charge in [-0.3, -0.25) is 10.1 Å². The van der Waals surface area contributed by atoms with Crippen LogP contribution in [0.3, 0.4) is 0 Å². The molecule has 3 rings (SSSR count). The molecule has 0 radical (unpaired) electrons. The molecular weight excluding hydrogens is 250 g/mol. The van der Waals surface area contributed by atoms with E-state index in [1.54, 1.807) is 12.4 Å². The highest BCUT2D eigenvalue weighted by molar-refractivity contribution is 5.55. The van der Waals surface area contributed by atoms with Gasteiger partial charge in [0.2, 0.25) is 0 Å². The summed E-state index contributed by atoms with van der Waals surface area (Å²) in [5.74, 6) is 0.491. The van der Waals surface area contributed by atoms with Crippen molar-refractivity contribution < 1.29 is 0 Å². The van der Waals surface area contributed by atoms with Crippen LogP contribution < -0.4 is 0 Å². The molecule has 1 atom stereocenters. The predicted molar refractivity (Wildman–Crippen MR) is 78.3 cm³/mol. The molecule has 0 bridgehead atoms. The molecule has 1 aliphatic rings. The zero-order valence-electron chi connectivity index (χ0n) is 12.1. The third-order valence-corrected chi connectivity index (χ3v) is 4.05. The third kappa shape index (κ3) is 2.72. The second-order valence-electron chi connectivity index (χ2n) is 5.74. The number of aromatic nitrogens is 4. The van der Waals surface area contributed by atoms with Gasteiger partial charge in [-0.15, -0.1) is 0 Å². The number of hydrogen-bond donors (Lipinski definition) is 1.